The number of hydrogen-bond donors (Lipinski definition) is 1. The van der Waals surface area contributed by atoms with Crippen LogP contribution in [-0.2, 0) is 0 Å². The number of nitrogens with one attached hydrogen (secondary N) is 1. The van der Waals surface area contributed by atoms with Crippen molar-refractivity contribution in [1.82, 2.24) is 10.2 Å². The molecule has 2 aliphatic rings. The van der Waals surface area contributed by atoms with Crippen molar-refractivity contribution in [2.75, 3.05) is 37.6 Å². The minimum Gasteiger partial charge on any atom is -0.366 e. The first-order valence-corrected chi connectivity index (χ1v) is 8.94. The Bertz CT molecular complexity index is 594. The molecule has 0 bridgehead atoms. The molecule has 130 valence electrons. The van der Waals surface area contributed by atoms with Crippen LogP contribution in [0.3, 0.4) is 0 Å². The molecule has 1 aliphatic carbocycles. The molecule has 4 nitrogen and oxygen atoms in total. The highest BCUT2D eigenvalue weighted by molar-refractivity contribution is 5.74. The molecule has 0 saturated carbocycles. The normalized spacial score (nSPS) is 18.3. The summed E-state index contributed by atoms with van der Waals surface area (Å²) in [5.74, 6) is -0.198. The Kier molecular flexibility index (Phi) is 5.72. The first kappa shape index (κ1) is 16.8. The lowest BCUT2D eigenvalue weighted by molar-refractivity contribution is 0.194. The molecule has 1 N–H and O–H groups in total. The zero-order valence-corrected chi connectivity index (χ0v) is 14.1. The standard InChI is InChI=1S/C19H26FN3O/c20-17-8-4-5-9-18(17)22-12-14-23(15-13-22)19(24)21-11-10-16-6-2-1-3-7-16/h4-6,8-9H,1-3,7,10-15H2,(H,21,24). The van der Waals surface area contributed by atoms with Gasteiger partial charge in [-0.1, -0.05) is 23.8 Å². The van der Waals surface area contributed by atoms with E-state index in [1.165, 1.54) is 37.3 Å². The Morgan fingerprint density at radius 1 is 1.12 bits per heavy atom. The first-order chi connectivity index (χ1) is 11.7. The molecule has 1 fully saturated rings. The molecule has 1 aliphatic heterocycles. The van der Waals surface area contributed by atoms with Gasteiger partial charge in [0.05, 0.1) is 5.69 Å². The molecule has 3 rings (SSSR count). The maximum atomic E-state index is 13.8. The van der Waals surface area contributed by atoms with Gasteiger partial charge in [0.2, 0.25) is 0 Å². The van der Waals surface area contributed by atoms with E-state index in [4.69, 9.17) is 0 Å². The third-order valence-corrected chi connectivity index (χ3v) is 4.87. The van der Waals surface area contributed by atoms with Gasteiger partial charge in [0.25, 0.3) is 0 Å². The highest BCUT2D eigenvalue weighted by Gasteiger charge is 2.22. The topological polar surface area (TPSA) is 35.6 Å². The molecule has 1 heterocycles. The molecular formula is C19H26FN3O. The Morgan fingerprint density at radius 2 is 1.92 bits per heavy atom. The van der Waals surface area contributed by atoms with Gasteiger partial charge in [-0.05, 0) is 44.2 Å². The van der Waals surface area contributed by atoms with Crippen molar-refractivity contribution >= 4 is 11.7 Å². The van der Waals surface area contributed by atoms with E-state index in [0.29, 0.717) is 38.4 Å². The van der Waals surface area contributed by atoms with Gasteiger partial charge in [-0.2, -0.15) is 0 Å². The summed E-state index contributed by atoms with van der Waals surface area (Å²) in [6.07, 6.45) is 8.21. The number of para-hydroxylation sites is 1. The Morgan fingerprint density at radius 3 is 2.62 bits per heavy atom. The zero-order chi connectivity index (χ0) is 16.8. The fourth-order valence-electron chi connectivity index (χ4n) is 3.43. The lowest BCUT2D eigenvalue weighted by Crippen LogP contribution is -2.52. The van der Waals surface area contributed by atoms with E-state index in [1.54, 1.807) is 12.1 Å². The van der Waals surface area contributed by atoms with Gasteiger partial charge < -0.3 is 15.1 Å². The van der Waals surface area contributed by atoms with Crippen LogP contribution in [0.4, 0.5) is 14.9 Å². The molecule has 0 atom stereocenters. The molecule has 1 aromatic rings. The van der Waals surface area contributed by atoms with E-state index in [9.17, 15) is 9.18 Å². The van der Waals surface area contributed by atoms with Gasteiger partial charge in [-0.15, -0.1) is 0 Å². The fraction of sp³-hybridized carbons (Fsp3) is 0.526. The molecule has 1 aromatic carbocycles. The zero-order valence-electron chi connectivity index (χ0n) is 14.1. The number of halogens is 1. The van der Waals surface area contributed by atoms with E-state index in [2.05, 4.69) is 11.4 Å². The van der Waals surface area contributed by atoms with Crippen LogP contribution in [0.1, 0.15) is 32.1 Å². The predicted octanol–water partition coefficient (Wildman–Crippen LogP) is 3.55. The van der Waals surface area contributed by atoms with Crippen LogP contribution in [0.15, 0.2) is 35.9 Å². The third-order valence-electron chi connectivity index (χ3n) is 4.87. The van der Waals surface area contributed by atoms with Crippen LogP contribution < -0.4 is 10.2 Å². The van der Waals surface area contributed by atoms with Crippen molar-refractivity contribution < 1.29 is 9.18 Å². The van der Waals surface area contributed by atoms with E-state index in [-0.39, 0.29) is 11.8 Å². The maximum absolute atomic E-state index is 13.8. The van der Waals surface area contributed by atoms with E-state index in [1.807, 2.05) is 15.9 Å². The van der Waals surface area contributed by atoms with Crippen molar-refractivity contribution in [2.24, 2.45) is 0 Å². The summed E-state index contributed by atoms with van der Waals surface area (Å²) in [5, 5.41) is 3.02. The number of anilines is 1. The van der Waals surface area contributed by atoms with E-state index < -0.39 is 0 Å². The maximum Gasteiger partial charge on any atom is 0.317 e. The van der Waals surface area contributed by atoms with Gasteiger partial charge >= 0.3 is 6.03 Å². The summed E-state index contributed by atoms with van der Waals surface area (Å²) < 4.78 is 13.8. The molecule has 0 aromatic heterocycles. The van der Waals surface area contributed by atoms with Crippen LogP contribution in [0.25, 0.3) is 0 Å². The lowest BCUT2D eigenvalue weighted by Gasteiger charge is -2.36. The number of rotatable bonds is 4. The third kappa shape index (κ3) is 4.28. The van der Waals surface area contributed by atoms with Gasteiger partial charge in [0, 0.05) is 32.7 Å². The number of allylic oxidation sites excluding steroid dienone is 1. The number of carbonyl (C=O) groups is 1. The lowest BCUT2D eigenvalue weighted by atomic mass is 9.97. The van der Waals surface area contributed by atoms with Crippen LogP contribution in [0.2, 0.25) is 0 Å². The van der Waals surface area contributed by atoms with Gasteiger partial charge in [-0.3, -0.25) is 0 Å². The number of urea groups is 1. The highest BCUT2D eigenvalue weighted by Crippen LogP contribution is 2.21. The van der Waals surface area contributed by atoms with Crippen molar-refractivity contribution in [2.45, 2.75) is 32.1 Å². The second-order valence-corrected chi connectivity index (χ2v) is 6.52. The monoisotopic (exact) mass is 331 g/mol. The predicted molar refractivity (Wildman–Crippen MR) is 94.8 cm³/mol. The SMILES string of the molecule is O=C(NCCC1=CCCCC1)N1CCN(c2ccccc2F)CC1. The van der Waals surface area contributed by atoms with E-state index in [0.717, 1.165) is 6.42 Å². The number of benzene rings is 1. The smallest absolute Gasteiger partial charge is 0.317 e. The van der Waals surface area contributed by atoms with Gasteiger partial charge in [0.15, 0.2) is 0 Å². The summed E-state index contributed by atoms with van der Waals surface area (Å²) in [5.41, 5.74) is 2.10. The molecule has 1 saturated heterocycles. The summed E-state index contributed by atoms with van der Waals surface area (Å²) >= 11 is 0. The first-order valence-electron chi connectivity index (χ1n) is 8.94. The number of carbonyl (C=O) groups excluding carboxylic acids is 1. The largest absolute Gasteiger partial charge is 0.366 e. The average Bonchev–Trinajstić information content (AvgIpc) is 2.63. The number of piperazine rings is 1. The second kappa shape index (κ2) is 8.18. The van der Waals surface area contributed by atoms with Crippen LogP contribution in [0, 0.1) is 5.82 Å². The second-order valence-electron chi connectivity index (χ2n) is 6.52. The molecule has 0 unspecified atom stereocenters. The Balaban J connectivity index is 1.42. The van der Waals surface area contributed by atoms with Crippen LogP contribution >= 0.6 is 0 Å². The van der Waals surface area contributed by atoms with Crippen molar-refractivity contribution in [1.29, 1.82) is 0 Å². The Hall–Kier alpha value is -2.04. The summed E-state index contributed by atoms with van der Waals surface area (Å²) in [6, 6.07) is 6.82. The quantitative estimate of drug-likeness (QED) is 0.857. The number of amides is 2. The fourth-order valence-corrected chi connectivity index (χ4v) is 3.43. The summed E-state index contributed by atoms with van der Waals surface area (Å²) in [6.45, 7) is 3.29. The highest BCUT2D eigenvalue weighted by atomic mass is 19.1. The average molecular weight is 331 g/mol. The summed E-state index contributed by atoms with van der Waals surface area (Å²) in [7, 11) is 0. The number of hydrogen-bond acceptors (Lipinski definition) is 2. The minimum absolute atomic E-state index is 0.000377. The van der Waals surface area contributed by atoms with Crippen molar-refractivity contribution in [3.63, 3.8) is 0 Å². The van der Waals surface area contributed by atoms with Crippen molar-refractivity contribution in [3.05, 3.63) is 41.7 Å². The van der Waals surface area contributed by atoms with Crippen LogP contribution in [0.5, 0.6) is 0 Å². The molecule has 24 heavy (non-hydrogen) atoms. The molecule has 0 spiro atoms. The van der Waals surface area contributed by atoms with Crippen molar-refractivity contribution in [3.8, 4) is 0 Å². The molecule has 2 amide bonds. The molecule has 5 heteroatoms. The van der Waals surface area contributed by atoms with Gasteiger partial charge in [0.1, 0.15) is 5.82 Å². The summed E-state index contributed by atoms with van der Waals surface area (Å²) in [4.78, 5) is 16.1. The minimum atomic E-state index is -0.198. The van der Waals surface area contributed by atoms with Gasteiger partial charge in [-0.25, -0.2) is 9.18 Å². The van der Waals surface area contributed by atoms with Crippen LogP contribution in [-0.4, -0.2) is 43.7 Å². The van der Waals surface area contributed by atoms with E-state index >= 15 is 0 Å². The Labute approximate surface area is 143 Å². The number of nitrogens with zero attached hydrogens (tertiary/aromatic N) is 2. The molecular weight excluding hydrogens is 305 g/mol. The molecule has 0 radical (unpaired) electrons.